The molecule has 3 rings (SSSR count). The van der Waals surface area contributed by atoms with Crippen LogP contribution in [0, 0.1) is 17.2 Å². The van der Waals surface area contributed by atoms with Crippen LogP contribution < -0.4 is 5.32 Å². The molecule has 0 aromatic carbocycles. The number of aliphatic imine (C=N–C) groups is 1. The standard InChI is InChI=1S/C21H33N3.C13H19N/c1-5-7-12-23-16(3)20(19(6-2)18-8-9-18)17(4)24-14-13-22-15-21(24)10-11-21;1-4-6-7-9-13(11-14)10-12(3)8-5-2/h6-7,12,18,22H,5,8-11,13-15H2,1-4H3;6-7,9-10H,4-5,8H2,1-3H3/b12-7+,19-6-,20-17-,23-16+;7-6+,12-10+,13-9+. The summed E-state index contributed by atoms with van der Waals surface area (Å²) < 4.78 is 0. The summed E-state index contributed by atoms with van der Waals surface area (Å²) in [5.74, 6) is 0.748. The van der Waals surface area contributed by atoms with Crippen LogP contribution in [0.1, 0.15) is 99.8 Å². The quantitative estimate of drug-likeness (QED) is 0.170. The summed E-state index contributed by atoms with van der Waals surface area (Å²) in [6.45, 7) is 18.5. The number of piperazine rings is 1. The molecule has 1 saturated heterocycles. The molecule has 0 unspecified atom stereocenters. The molecule has 0 bridgehead atoms. The Bertz CT molecular complexity index is 1020. The molecule has 1 heterocycles. The van der Waals surface area contributed by atoms with Crippen molar-refractivity contribution in [1.29, 1.82) is 5.26 Å². The molecule has 38 heavy (non-hydrogen) atoms. The van der Waals surface area contributed by atoms with Crippen LogP contribution in [0.2, 0.25) is 0 Å². The van der Waals surface area contributed by atoms with E-state index < -0.39 is 0 Å². The van der Waals surface area contributed by atoms with Crippen LogP contribution >= 0.6 is 0 Å². The first-order valence-electron chi connectivity index (χ1n) is 14.9. The zero-order chi connectivity index (χ0) is 28.0. The van der Waals surface area contributed by atoms with Crippen LogP contribution in [0.25, 0.3) is 0 Å². The predicted molar refractivity (Wildman–Crippen MR) is 165 cm³/mol. The highest BCUT2D eigenvalue weighted by Gasteiger charge is 2.49. The third kappa shape index (κ3) is 9.59. The first kappa shape index (κ1) is 31.6. The second-order valence-electron chi connectivity index (χ2n) is 10.8. The van der Waals surface area contributed by atoms with E-state index in [-0.39, 0.29) is 0 Å². The highest BCUT2D eigenvalue weighted by molar-refractivity contribution is 6.03. The molecule has 1 aliphatic heterocycles. The van der Waals surface area contributed by atoms with Crippen molar-refractivity contribution >= 4 is 5.71 Å². The summed E-state index contributed by atoms with van der Waals surface area (Å²) in [7, 11) is 0. The van der Waals surface area contributed by atoms with Crippen LogP contribution in [0.5, 0.6) is 0 Å². The first-order valence-corrected chi connectivity index (χ1v) is 14.9. The van der Waals surface area contributed by atoms with Crippen molar-refractivity contribution in [1.82, 2.24) is 10.2 Å². The van der Waals surface area contributed by atoms with Gasteiger partial charge in [0.1, 0.15) is 0 Å². The second-order valence-corrected chi connectivity index (χ2v) is 10.8. The number of allylic oxidation sites excluding steroid dienone is 11. The Kier molecular flexibility index (Phi) is 13.6. The average molecular weight is 517 g/mol. The van der Waals surface area contributed by atoms with Gasteiger partial charge in [0.25, 0.3) is 0 Å². The van der Waals surface area contributed by atoms with Crippen molar-refractivity contribution in [3.63, 3.8) is 0 Å². The van der Waals surface area contributed by atoms with Crippen molar-refractivity contribution in [3.8, 4) is 6.07 Å². The lowest BCUT2D eigenvalue weighted by molar-refractivity contribution is 0.188. The fourth-order valence-electron chi connectivity index (χ4n) is 5.24. The Morgan fingerprint density at radius 2 is 1.82 bits per heavy atom. The normalized spacial score (nSPS) is 20.9. The van der Waals surface area contributed by atoms with Crippen molar-refractivity contribution in [2.24, 2.45) is 10.9 Å². The maximum absolute atomic E-state index is 8.85. The number of nitriles is 1. The fourth-order valence-corrected chi connectivity index (χ4v) is 5.24. The molecule has 0 amide bonds. The van der Waals surface area contributed by atoms with E-state index in [1.165, 1.54) is 53.8 Å². The van der Waals surface area contributed by atoms with E-state index in [2.05, 4.69) is 76.9 Å². The van der Waals surface area contributed by atoms with Crippen LogP contribution in [-0.2, 0) is 0 Å². The van der Waals surface area contributed by atoms with Gasteiger partial charge >= 0.3 is 0 Å². The highest BCUT2D eigenvalue weighted by Crippen LogP contribution is 2.47. The van der Waals surface area contributed by atoms with Gasteiger partial charge in [0.05, 0.1) is 17.2 Å². The summed E-state index contributed by atoms with van der Waals surface area (Å²) >= 11 is 0. The number of hydrogen-bond donors (Lipinski definition) is 1. The minimum absolute atomic E-state index is 0.384. The van der Waals surface area contributed by atoms with E-state index in [0.29, 0.717) is 5.54 Å². The molecule has 2 saturated carbocycles. The zero-order valence-electron chi connectivity index (χ0n) is 25.2. The molecule has 0 radical (unpaired) electrons. The lowest BCUT2D eigenvalue weighted by Crippen LogP contribution is -2.52. The number of hydrogen-bond acceptors (Lipinski definition) is 4. The van der Waals surface area contributed by atoms with E-state index in [1.807, 2.05) is 30.5 Å². The minimum Gasteiger partial charge on any atom is -0.366 e. The second kappa shape index (κ2) is 16.4. The van der Waals surface area contributed by atoms with Gasteiger partial charge in [-0.1, -0.05) is 57.1 Å². The third-order valence-electron chi connectivity index (χ3n) is 7.54. The fraction of sp³-hybridized carbons (Fsp3) is 0.588. The summed E-state index contributed by atoms with van der Waals surface area (Å²) in [6.07, 6.45) is 23.8. The maximum atomic E-state index is 8.85. The van der Waals surface area contributed by atoms with E-state index in [1.54, 1.807) is 0 Å². The van der Waals surface area contributed by atoms with Gasteiger partial charge < -0.3 is 10.2 Å². The Morgan fingerprint density at radius 3 is 2.37 bits per heavy atom. The summed E-state index contributed by atoms with van der Waals surface area (Å²) in [4.78, 5) is 7.46. The Balaban J connectivity index is 0.000000312. The van der Waals surface area contributed by atoms with Gasteiger partial charge in [-0.2, -0.15) is 5.26 Å². The molecule has 1 spiro atoms. The van der Waals surface area contributed by atoms with Crippen molar-refractivity contribution < 1.29 is 0 Å². The summed E-state index contributed by atoms with van der Waals surface area (Å²) in [5, 5.41) is 12.4. The van der Waals surface area contributed by atoms with Gasteiger partial charge in [-0.3, -0.25) is 4.99 Å². The lowest BCUT2D eigenvalue weighted by atomic mass is 9.94. The van der Waals surface area contributed by atoms with Gasteiger partial charge in [0.2, 0.25) is 0 Å². The van der Waals surface area contributed by atoms with E-state index >= 15 is 0 Å². The topological polar surface area (TPSA) is 51.4 Å². The molecule has 4 heteroatoms. The molecule has 0 aromatic rings. The SMILES string of the molecule is CC/C=C/C=C(C#N)\C=C(/C)CCC.C\C=C(C(/C(C)=N/C=C/CC)=C(/C)N1CCNCC12CC2)\C1CC1. The predicted octanol–water partition coefficient (Wildman–Crippen LogP) is 8.59. The molecule has 3 aliphatic rings. The lowest BCUT2D eigenvalue weighted by Gasteiger charge is -2.40. The Labute approximate surface area is 233 Å². The van der Waals surface area contributed by atoms with E-state index in [0.717, 1.165) is 56.8 Å². The number of nitrogens with one attached hydrogen (secondary N) is 1. The molecular weight excluding hydrogens is 464 g/mol. The maximum Gasteiger partial charge on any atom is 0.0991 e. The Morgan fingerprint density at radius 1 is 1.11 bits per heavy atom. The molecule has 3 fully saturated rings. The number of rotatable bonds is 11. The van der Waals surface area contributed by atoms with Gasteiger partial charge in [0, 0.05) is 42.8 Å². The molecule has 1 N–H and O–H groups in total. The summed E-state index contributed by atoms with van der Waals surface area (Å²) in [6, 6.07) is 2.18. The van der Waals surface area contributed by atoms with Crippen molar-refractivity contribution in [2.75, 3.05) is 19.6 Å². The summed E-state index contributed by atoms with van der Waals surface area (Å²) in [5.41, 5.74) is 7.94. The van der Waals surface area contributed by atoms with Crippen molar-refractivity contribution in [2.45, 2.75) is 105 Å². The van der Waals surface area contributed by atoms with E-state index in [9.17, 15) is 0 Å². The monoisotopic (exact) mass is 516 g/mol. The number of nitrogens with zero attached hydrogens (tertiary/aromatic N) is 3. The third-order valence-corrected chi connectivity index (χ3v) is 7.54. The van der Waals surface area contributed by atoms with Gasteiger partial charge in [0.15, 0.2) is 0 Å². The minimum atomic E-state index is 0.384. The molecule has 208 valence electrons. The average Bonchev–Trinajstić information content (AvgIpc) is 3.85. The van der Waals surface area contributed by atoms with Crippen LogP contribution in [-0.4, -0.2) is 35.8 Å². The zero-order valence-corrected chi connectivity index (χ0v) is 25.2. The largest absolute Gasteiger partial charge is 0.366 e. The van der Waals surface area contributed by atoms with Gasteiger partial charge in [-0.05, 0) is 96.3 Å². The first-order chi connectivity index (χ1) is 18.4. The molecule has 0 atom stereocenters. The van der Waals surface area contributed by atoms with Crippen molar-refractivity contribution in [3.05, 3.63) is 70.6 Å². The van der Waals surface area contributed by atoms with Crippen LogP contribution in [0.3, 0.4) is 0 Å². The highest BCUT2D eigenvalue weighted by atomic mass is 15.3. The van der Waals surface area contributed by atoms with Crippen LogP contribution in [0.4, 0.5) is 0 Å². The Hall–Kier alpha value is -2.64. The van der Waals surface area contributed by atoms with Gasteiger partial charge in [-0.15, -0.1) is 0 Å². The molecule has 0 aromatic heterocycles. The van der Waals surface area contributed by atoms with Gasteiger partial charge in [-0.25, -0.2) is 0 Å². The van der Waals surface area contributed by atoms with Crippen LogP contribution in [0.15, 0.2) is 75.6 Å². The molecule has 2 aliphatic carbocycles. The smallest absolute Gasteiger partial charge is 0.0991 e. The molecular formula is C34H52N4. The van der Waals surface area contributed by atoms with E-state index in [4.69, 9.17) is 10.3 Å². The molecule has 4 nitrogen and oxygen atoms in total.